The lowest BCUT2D eigenvalue weighted by Gasteiger charge is -2.32. The van der Waals surface area contributed by atoms with E-state index in [-0.39, 0.29) is 12.5 Å². The first-order valence-corrected chi connectivity index (χ1v) is 6.71. The summed E-state index contributed by atoms with van der Waals surface area (Å²) in [5.74, 6) is 0.917. The maximum Gasteiger partial charge on any atom is 0.223 e. The summed E-state index contributed by atoms with van der Waals surface area (Å²) >= 11 is 0. The molecule has 0 heterocycles. The standard InChI is InChI=1S/C13H23NO2/c15-9-8-14(12-6-1-2-7-12)13(16)10-11-4-3-5-11/h11-12,15H,1-10H2. The number of aliphatic hydroxyl groups is 1. The lowest BCUT2D eigenvalue weighted by atomic mass is 9.82. The minimum Gasteiger partial charge on any atom is -0.395 e. The number of carbonyl (C=O) groups excluding carboxylic acids is 1. The van der Waals surface area contributed by atoms with Crippen molar-refractivity contribution in [3.63, 3.8) is 0 Å². The Balaban J connectivity index is 1.85. The van der Waals surface area contributed by atoms with Crippen LogP contribution in [0.15, 0.2) is 0 Å². The number of hydrogen-bond acceptors (Lipinski definition) is 2. The van der Waals surface area contributed by atoms with Gasteiger partial charge >= 0.3 is 0 Å². The van der Waals surface area contributed by atoms with Crippen LogP contribution >= 0.6 is 0 Å². The molecule has 0 aromatic carbocycles. The van der Waals surface area contributed by atoms with E-state index in [0.29, 0.717) is 18.5 Å². The fourth-order valence-corrected chi connectivity index (χ4v) is 2.90. The van der Waals surface area contributed by atoms with Crippen molar-refractivity contribution >= 4 is 5.91 Å². The largest absolute Gasteiger partial charge is 0.395 e. The number of rotatable bonds is 5. The predicted molar refractivity (Wildman–Crippen MR) is 63.0 cm³/mol. The molecule has 2 aliphatic rings. The molecule has 16 heavy (non-hydrogen) atoms. The smallest absolute Gasteiger partial charge is 0.223 e. The van der Waals surface area contributed by atoms with E-state index in [1.54, 1.807) is 0 Å². The minimum atomic E-state index is 0.104. The van der Waals surface area contributed by atoms with Gasteiger partial charge in [0.25, 0.3) is 0 Å². The van der Waals surface area contributed by atoms with Crippen LogP contribution in [0.3, 0.4) is 0 Å². The van der Waals surface area contributed by atoms with Crippen LogP contribution in [0.2, 0.25) is 0 Å². The third-order valence-corrected chi connectivity index (χ3v) is 4.11. The lowest BCUT2D eigenvalue weighted by Crippen LogP contribution is -2.41. The zero-order chi connectivity index (χ0) is 11.4. The summed E-state index contributed by atoms with van der Waals surface area (Å²) < 4.78 is 0. The molecule has 2 saturated carbocycles. The van der Waals surface area contributed by atoms with Gasteiger partial charge in [-0.1, -0.05) is 19.3 Å². The van der Waals surface area contributed by atoms with Crippen molar-refractivity contribution in [2.45, 2.75) is 57.4 Å². The molecule has 0 unspecified atom stereocenters. The van der Waals surface area contributed by atoms with Gasteiger partial charge < -0.3 is 10.0 Å². The molecule has 1 N–H and O–H groups in total. The molecule has 0 saturated heterocycles. The third-order valence-electron chi connectivity index (χ3n) is 4.11. The van der Waals surface area contributed by atoms with Gasteiger partial charge in [-0.25, -0.2) is 0 Å². The highest BCUT2D eigenvalue weighted by Gasteiger charge is 2.29. The fourth-order valence-electron chi connectivity index (χ4n) is 2.90. The van der Waals surface area contributed by atoms with Gasteiger partial charge in [-0.3, -0.25) is 4.79 Å². The van der Waals surface area contributed by atoms with E-state index in [0.717, 1.165) is 19.3 Å². The molecule has 92 valence electrons. The van der Waals surface area contributed by atoms with Crippen LogP contribution in [0, 0.1) is 5.92 Å². The minimum absolute atomic E-state index is 0.104. The predicted octanol–water partition coefficient (Wildman–Crippen LogP) is 1.94. The molecule has 2 aliphatic carbocycles. The van der Waals surface area contributed by atoms with Crippen molar-refractivity contribution in [3.8, 4) is 0 Å². The van der Waals surface area contributed by atoms with E-state index < -0.39 is 0 Å². The Morgan fingerprint density at radius 3 is 2.31 bits per heavy atom. The number of amides is 1. The second kappa shape index (κ2) is 5.67. The number of nitrogens with zero attached hydrogens (tertiary/aromatic N) is 1. The Kier molecular flexibility index (Phi) is 4.22. The summed E-state index contributed by atoms with van der Waals surface area (Å²) in [7, 11) is 0. The van der Waals surface area contributed by atoms with Crippen molar-refractivity contribution in [2.75, 3.05) is 13.2 Å². The zero-order valence-corrected chi connectivity index (χ0v) is 10.0. The van der Waals surface area contributed by atoms with E-state index in [1.165, 1.54) is 32.1 Å². The van der Waals surface area contributed by atoms with Crippen LogP contribution in [0.4, 0.5) is 0 Å². The second-order valence-corrected chi connectivity index (χ2v) is 5.25. The first kappa shape index (κ1) is 11.9. The van der Waals surface area contributed by atoms with E-state index in [4.69, 9.17) is 5.11 Å². The van der Waals surface area contributed by atoms with Gasteiger partial charge in [0.05, 0.1) is 6.61 Å². The summed E-state index contributed by atoms with van der Waals surface area (Å²) in [5, 5.41) is 9.06. The summed E-state index contributed by atoms with van der Waals surface area (Å²) in [4.78, 5) is 14.1. The van der Waals surface area contributed by atoms with Gasteiger partial charge in [-0.15, -0.1) is 0 Å². The maximum absolute atomic E-state index is 12.1. The van der Waals surface area contributed by atoms with Crippen LogP contribution in [0.5, 0.6) is 0 Å². The Hall–Kier alpha value is -0.570. The van der Waals surface area contributed by atoms with E-state index in [1.807, 2.05) is 4.90 Å². The summed E-state index contributed by atoms with van der Waals surface area (Å²) in [6.45, 7) is 0.642. The molecule has 0 radical (unpaired) electrons. The van der Waals surface area contributed by atoms with E-state index in [9.17, 15) is 4.79 Å². The van der Waals surface area contributed by atoms with Crippen LogP contribution in [0.25, 0.3) is 0 Å². The Bertz CT molecular complexity index is 232. The van der Waals surface area contributed by atoms with Crippen LogP contribution in [-0.2, 0) is 4.79 Å². The first-order valence-electron chi connectivity index (χ1n) is 6.71. The fraction of sp³-hybridized carbons (Fsp3) is 0.923. The Morgan fingerprint density at radius 1 is 1.12 bits per heavy atom. The molecule has 2 rings (SSSR count). The highest BCUT2D eigenvalue weighted by Crippen LogP contribution is 2.31. The van der Waals surface area contributed by atoms with Gasteiger partial charge in [0, 0.05) is 19.0 Å². The zero-order valence-electron chi connectivity index (χ0n) is 10.0. The van der Waals surface area contributed by atoms with Crippen molar-refractivity contribution in [1.29, 1.82) is 0 Å². The second-order valence-electron chi connectivity index (χ2n) is 5.25. The van der Waals surface area contributed by atoms with Crippen LogP contribution < -0.4 is 0 Å². The summed E-state index contributed by atoms with van der Waals surface area (Å²) in [5.41, 5.74) is 0. The number of hydrogen-bond donors (Lipinski definition) is 1. The van der Waals surface area contributed by atoms with Crippen molar-refractivity contribution in [1.82, 2.24) is 4.90 Å². The maximum atomic E-state index is 12.1. The third kappa shape index (κ3) is 2.76. The average Bonchev–Trinajstić information content (AvgIpc) is 2.72. The Morgan fingerprint density at radius 2 is 1.81 bits per heavy atom. The van der Waals surface area contributed by atoms with Crippen molar-refractivity contribution in [2.24, 2.45) is 5.92 Å². The normalized spacial score (nSPS) is 22.1. The Labute approximate surface area is 97.8 Å². The van der Waals surface area contributed by atoms with Gasteiger partial charge in [0.15, 0.2) is 0 Å². The highest BCUT2D eigenvalue weighted by molar-refractivity contribution is 5.77. The van der Waals surface area contributed by atoms with Gasteiger partial charge in [0.2, 0.25) is 5.91 Å². The van der Waals surface area contributed by atoms with Crippen molar-refractivity contribution < 1.29 is 9.90 Å². The van der Waals surface area contributed by atoms with Gasteiger partial charge in [-0.05, 0) is 31.6 Å². The molecule has 0 aromatic heterocycles. The van der Waals surface area contributed by atoms with Gasteiger partial charge in [0.1, 0.15) is 0 Å². The number of aliphatic hydroxyl groups excluding tert-OH is 1. The molecule has 3 heteroatoms. The molecule has 0 spiro atoms. The lowest BCUT2D eigenvalue weighted by molar-refractivity contribution is -0.135. The molecular formula is C13H23NO2. The number of carbonyl (C=O) groups is 1. The first-order chi connectivity index (χ1) is 7.81. The molecule has 1 amide bonds. The van der Waals surface area contributed by atoms with Crippen molar-refractivity contribution in [3.05, 3.63) is 0 Å². The van der Waals surface area contributed by atoms with E-state index >= 15 is 0 Å². The highest BCUT2D eigenvalue weighted by atomic mass is 16.3. The molecule has 0 atom stereocenters. The van der Waals surface area contributed by atoms with Crippen LogP contribution in [0.1, 0.15) is 51.4 Å². The molecule has 0 bridgehead atoms. The van der Waals surface area contributed by atoms with Crippen LogP contribution in [-0.4, -0.2) is 35.1 Å². The monoisotopic (exact) mass is 225 g/mol. The molecule has 3 nitrogen and oxygen atoms in total. The van der Waals surface area contributed by atoms with Gasteiger partial charge in [-0.2, -0.15) is 0 Å². The topological polar surface area (TPSA) is 40.5 Å². The summed E-state index contributed by atoms with van der Waals surface area (Å²) in [6, 6.07) is 0.416. The molecule has 0 aromatic rings. The molecule has 0 aliphatic heterocycles. The molecular weight excluding hydrogens is 202 g/mol. The average molecular weight is 225 g/mol. The van der Waals surface area contributed by atoms with E-state index in [2.05, 4.69) is 0 Å². The molecule has 2 fully saturated rings. The summed E-state index contributed by atoms with van der Waals surface area (Å²) in [6.07, 6.45) is 9.21. The SMILES string of the molecule is O=C(CC1CCC1)N(CCO)C1CCCC1. The quantitative estimate of drug-likeness (QED) is 0.776.